The van der Waals surface area contributed by atoms with Crippen molar-refractivity contribution in [3.8, 4) is 11.4 Å². The first kappa shape index (κ1) is 13.1. The summed E-state index contributed by atoms with van der Waals surface area (Å²) in [5, 5.41) is 0. The van der Waals surface area contributed by atoms with E-state index >= 15 is 0 Å². The topological polar surface area (TPSA) is 17.8 Å². The number of hydrogen-bond acceptors (Lipinski definition) is 1. The third-order valence-electron chi connectivity index (χ3n) is 4.10. The minimum atomic E-state index is 1.01. The van der Waals surface area contributed by atoms with Gasteiger partial charge in [0.05, 0.1) is 11.0 Å². The summed E-state index contributed by atoms with van der Waals surface area (Å²) in [5.74, 6) is 1.01. The molecule has 0 saturated heterocycles. The van der Waals surface area contributed by atoms with Gasteiger partial charge in [-0.1, -0.05) is 54.1 Å². The first-order chi connectivity index (χ1) is 10.8. The van der Waals surface area contributed by atoms with Gasteiger partial charge >= 0.3 is 0 Å². The van der Waals surface area contributed by atoms with E-state index in [1.54, 1.807) is 0 Å². The summed E-state index contributed by atoms with van der Waals surface area (Å²) in [6.45, 7) is 2.11. The average Bonchev–Trinajstić information content (AvgIpc) is 2.96. The number of allylic oxidation sites excluding steroid dienone is 4. The van der Waals surface area contributed by atoms with Gasteiger partial charge < -0.3 is 0 Å². The molecule has 3 aromatic rings. The molecule has 22 heavy (non-hydrogen) atoms. The number of aryl methyl sites for hydroxylation is 1. The van der Waals surface area contributed by atoms with Crippen molar-refractivity contribution in [2.45, 2.75) is 19.8 Å². The SMILES string of the molecule is Cc1ccc(-c2nc3ccccc3n2C2=CCCC=C2)cc1. The Hall–Kier alpha value is -2.61. The van der Waals surface area contributed by atoms with Gasteiger partial charge in [0.2, 0.25) is 0 Å². The quantitative estimate of drug-likeness (QED) is 0.633. The molecule has 0 fully saturated rings. The summed E-state index contributed by atoms with van der Waals surface area (Å²) in [4.78, 5) is 4.88. The molecular weight excluding hydrogens is 268 g/mol. The average molecular weight is 286 g/mol. The van der Waals surface area contributed by atoms with Crippen molar-refractivity contribution in [1.29, 1.82) is 0 Å². The largest absolute Gasteiger partial charge is 0.293 e. The summed E-state index contributed by atoms with van der Waals surface area (Å²) >= 11 is 0. The molecule has 0 N–H and O–H groups in total. The van der Waals surface area contributed by atoms with Crippen molar-refractivity contribution in [3.63, 3.8) is 0 Å². The highest BCUT2D eigenvalue weighted by molar-refractivity contribution is 5.86. The van der Waals surface area contributed by atoms with Crippen LogP contribution in [0.25, 0.3) is 28.1 Å². The highest BCUT2D eigenvalue weighted by Crippen LogP contribution is 2.30. The summed E-state index contributed by atoms with van der Waals surface area (Å²) in [5.41, 5.74) is 5.84. The van der Waals surface area contributed by atoms with Crippen LogP contribution in [-0.4, -0.2) is 9.55 Å². The van der Waals surface area contributed by atoms with Crippen LogP contribution in [0, 0.1) is 6.92 Å². The molecule has 0 unspecified atom stereocenters. The lowest BCUT2D eigenvalue weighted by Gasteiger charge is -2.13. The van der Waals surface area contributed by atoms with Gasteiger partial charge in [0, 0.05) is 11.3 Å². The third-order valence-corrected chi connectivity index (χ3v) is 4.10. The van der Waals surface area contributed by atoms with Crippen LogP contribution < -0.4 is 0 Å². The number of para-hydroxylation sites is 2. The van der Waals surface area contributed by atoms with Gasteiger partial charge in [-0.2, -0.15) is 0 Å². The van der Waals surface area contributed by atoms with Crippen molar-refractivity contribution in [2.75, 3.05) is 0 Å². The molecule has 0 saturated carbocycles. The highest BCUT2D eigenvalue weighted by Gasteiger charge is 2.14. The smallest absolute Gasteiger partial charge is 0.145 e. The van der Waals surface area contributed by atoms with Gasteiger partial charge in [-0.3, -0.25) is 4.57 Å². The van der Waals surface area contributed by atoms with E-state index < -0.39 is 0 Å². The lowest BCUT2D eigenvalue weighted by Crippen LogP contribution is -2.00. The number of aromatic nitrogens is 2. The van der Waals surface area contributed by atoms with E-state index in [0.717, 1.165) is 35.3 Å². The van der Waals surface area contributed by atoms with Gasteiger partial charge in [-0.05, 0) is 38.0 Å². The number of hydrogen-bond donors (Lipinski definition) is 0. The molecule has 1 aliphatic rings. The zero-order valence-electron chi connectivity index (χ0n) is 12.7. The van der Waals surface area contributed by atoms with Crippen molar-refractivity contribution >= 4 is 16.7 Å². The van der Waals surface area contributed by atoms with E-state index in [9.17, 15) is 0 Å². The lowest BCUT2D eigenvalue weighted by atomic mass is 10.1. The zero-order chi connectivity index (χ0) is 14.9. The van der Waals surface area contributed by atoms with Crippen LogP contribution in [0.5, 0.6) is 0 Å². The Balaban J connectivity index is 1.99. The van der Waals surface area contributed by atoms with Crippen molar-refractivity contribution in [1.82, 2.24) is 9.55 Å². The fourth-order valence-corrected chi connectivity index (χ4v) is 2.95. The Morgan fingerprint density at radius 3 is 2.55 bits per heavy atom. The van der Waals surface area contributed by atoms with Crippen molar-refractivity contribution < 1.29 is 0 Å². The van der Waals surface area contributed by atoms with E-state index in [0.29, 0.717) is 0 Å². The molecule has 2 aromatic carbocycles. The Morgan fingerprint density at radius 1 is 0.955 bits per heavy atom. The predicted octanol–water partition coefficient (Wildman–Crippen LogP) is 5.20. The van der Waals surface area contributed by atoms with Crippen LogP contribution in [0.15, 0.2) is 66.8 Å². The molecule has 0 atom stereocenters. The minimum absolute atomic E-state index is 1.01. The molecule has 1 heterocycles. The van der Waals surface area contributed by atoms with Crippen LogP contribution in [0.1, 0.15) is 18.4 Å². The summed E-state index contributed by atoms with van der Waals surface area (Å²) in [7, 11) is 0. The molecule has 0 radical (unpaired) electrons. The van der Waals surface area contributed by atoms with Crippen LogP contribution in [0.3, 0.4) is 0 Å². The Labute approximate surface area is 130 Å². The summed E-state index contributed by atoms with van der Waals surface area (Å²) in [6.07, 6.45) is 8.95. The normalized spacial score (nSPS) is 14.3. The van der Waals surface area contributed by atoms with Gasteiger partial charge in [0.25, 0.3) is 0 Å². The van der Waals surface area contributed by atoms with Gasteiger partial charge in [0.15, 0.2) is 0 Å². The van der Waals surface area contributed by atoms with Crippen LogP contribution in [0.4, 0.5) is 0 Å². The molecule has 0 bridgehead atoms. The number of imidazole rings is 1. The summed E-state index contributed by atoms with van der Waals surface area (Å²) < 4.78 is 2.27. The number of fused-ring (bicyclic) bond motifs is 1. The maximum Gasteiger partial charge on any atom is 0.145 e. The van der Waals surface area contributed by atoms with E-state index in [1.165, 1.54) is 11.3 Å². The maximum atomic E-state index is 4.88. The van der Waals surface area contributed by atoms with Crippen LogP contribution in [-0.2, 0) is 0 Å². The van der Waals surface area contributed by atoms with E-state index in [-0.39, 0.29) is 0 Å². The maximum absolute atomic E-state index is 4.88. The second-order valence-corrected chi connectivity index (χ2v) is 5.73. The molecule has 1 aliphatic carbocycles. The number of nitrogens with zero attached hydrogens (tertiary/aromatic N) is 2. The van der Waals surface area contributed by atoms with Gasteiger partial charge in [0.1, 0.15) is 5.82 Å². The Bertz CT molecular complexity index is 880. The first-order valence-corrected chi connectivity index (χ1v) is 7.74. The molecule has 0 spiro atoms. The van der Waals surface area contributed by atoms with E-state index in [1.807, 2.05) is 6.07 Å². The molecule has 1 aromatic heterocycles. The molecule has 2 nitrogen and oxygen atoms in total. The lowest BCUT2D eigenvalue weighted by molar-refractivity contribution is 1.01. The van der Waals surface area contributed by atoms with Crippen LogP contribution in [0.2, 0.25) is 0 Å². The second kappa shape index (κ2) is 5.30. The molecule has 0 amide bonds. The second-order valence-electron chi connectivity index (χ2n) is 5.73. The van der Waals surface area contributed by atoms with Crippen molar-refractivity contribution in [2.24, 2.45) is 0 Å². The monoisotopic (exact) mass is 286 g/mol. The minimum Gasteiger partial charge on any atom is -0.293 e. The molecule has 0 aliphatic heterocycles. The standard InChI is InChI=1S/C20H18N2/c1-15-11-13-16(14-12-15)20-21-18-9-5-6-10-19(18)22(20)17-7-3-2-4-8-17/h3,5-14H,2,4H2,1H3. The zero-order valence-corrected chi connectivity index (χ0v) is 12.7. The first-order valence-electron chi connectivity index (χ1n) is 7.74. The van der Waals surface area contributed by atoms with Gasteiger partial charge in [-0.15, -0.1) is 0 Å². The summed E-state index contributed by atoms with van der Waals surface area (Å²) in [6, 6.07) is 16.9. The van der Waals surface area contributed by atoms with Gasteiger partial charge in [-0.25, -0.2) is 4.98 Å². The van der Waals surface area contributed by atoms with E-state index in [4.69, 9.17) is 4.98 Å². The number of rotatable bonds is 2. The molecule has 108 valence electrons. The Kier molecular flexibility index (Phi) is 3.15. The molecular formula is C20H18N2. The third kappa shape index (κ3) is 2.17. The fraction of sp³-hybridized carbons (Fsp3) is 0.150. The molecule has 2 heteroatoms. The van der Waals surface area contributed by atoms with Crippen molar-refractivity contribution in [3.05, 3.63) is 72.3 Å². The fourth-order valence-electron chi connectivity index (χ4n) is 2.95. The Morgan fingerprint density at radius 2 is 1.77 bits per heavy atom. The van der Waals surface area contributed by atoms with E-state index in [2.05, 4.69) is 72.2 Å². The predicted molar refractivity (Wildman–Crippen MR) is 92.6 cm³/mol. The highest BCUT2D eigenvalue weighted by atomic mass is 15.1. The number of benzene rings is 2. The molecule has 4 rings (SSSR count). The van der Waals surface area contributed by atoms with Crippen LogP contribution >= 0.6 is 0 Å².